The summed E-state index contributed by atoms with van der Waals surface area (Å²) < 4.78 is 6.00. The van der Waals surface area contributed by atoms with Crippen molar-refractivity contribution >= 4 is 11.5 Å². The van der Waals surface area contributed by atoms with Crippen molar-refractivity contribution in [1.82, 2.24) is 13.8 Å². The lowest BCUT2D eigenvalue weighted by Gasteiger charge is -2.46. The molecule has 0 saturated carbocycles. The number of pyridine rings is 1. The van der Waals surface area contributed by atoms with Gasteiger partial charge in [0.25, 0.3) is 5.56 Å². The summed E-state index contributed by atoms with van der Waals surface area (Å²) in [7, 11) is 0. The minimum absolute atomic E-state index is 0.0155. The Morgan fingerprint density at radius 2 is 2.27 bits per heavy atom. The molecule has 4 rings (SSSR count). The molecule has 0 aliphatic carbocycles. The first-order valence-corrected chi connectivity index (χ1v) is 8.53. The van der Waals surface area contributed by atoms with E-state index in [0.717, 1.165) is 31.7 Å². The van der Waals surface area contributed by atoms with Crippen LogP contribution in [0.3, 0.4) is 0 Å². The Balaban J connectivity index is 1.67. The summed E-state index contributed by atoms with van der Waals surface area (Å²) in [6.45, 7) is 2.83. The average molecular weight is 317 g/mol. The number of aliphatic hydroxyl groups excluding tert-OH is 1. The van der Waals surface area contributed by atoms with E-state index in [1.165, 1.54) is 17.1 Å². The smallest absolute Gasteiger partial charge is 0.251 e. The number of nitrogens with zero attached hydrogens (tertiary/aromatic N) is 3. The summed E-state index contributed by atoms with van der Waals surface area (Å²) in [5, 5.41) is 11.9. The molecular formula is C16H19N3O2S. The number of fused-ring (bicyclic) bond motifs is 4. The normalized spacial score (nSPS) is 27.6. The lowest BCUT2D eigenvalue weighted by atomic mass is 9.78. The van der Waals surface area contributed by atoms with Crippen molar-refractivity contribution in [2.45, 2.75) is 24.9 Å². The van der Waals surface area contributed by atoms with Crippen LogP contribution in [0.15, 0.2) is 34.6 Å². The molecule has 2 aliphatic rings. The fourth-order valence-electron chi connectivity index (χ4n) is 4.06. The van der Waals surface area contributed by atoms with Crippen LogP contribution in [0.1, 0.15) is 29.6 Å². The van der Waals surface area contributed by atoms with Gasteiger partial charge in [0, 0.05) is 48.9 Å². The molecule has 1 saturated heterocycles. The molecule has 0 unspecified atom stereocenters. The van der Waals surface area contributed by atoms with Crippen molar-refractivity contribution in [3.8, 4) is 0 Å². The lowest BCUT2D eigenvalue weighted by Crippen LogP contribution is -2.49. The van der Waals surface area contributed by atoms with Gasteiger partial charge in [-0.2, -0.15) is 0 Å². The van der Waals surface area contributed by atoms with E-state index < -0.39 is 0 Å². The first kappa shape index (κ1) is 14.1. The Bertz CT molecular complexity index is 712. The van der Waals surface area contributed by atoms with Crippen LogP contribution < -0.4 is 5.56 Å². The minimum Gasteiger partial charge on any atom is -0.394 e. The molecule has 2 aliphatic heterocycles. The van der Waals surface area contributed by atoms with Gasteiger partial charge in [0.05, 0.1) is 12.6 Å². The van der Waals surface area contributed by atoms with Crippen LogP contribution in [0.5, 0.6) is 0 Å². The Morgan fingerprint density at radius 3 is 3.05 bits per heavy atom. The maximum Gasteiger partial charge on any atom is 0.251 e. The van der Waals surface area contributed by atoms with E-state index in [4.69, 9.17) is 0 Å². The average Bonchev–Trinajstić information content (AvgIpc) is 3.01. The van der Waals surface area contributed by atoms with Gasteiger partial charge in [-0.05, 0) is 35.5 Å². The monoisotopic (exact) mass is 317 g/mol. The first-order chi connectivity index (χ1) is 10.8. The predicted octanol–water partition coefficient (Wildman–Crippen LogP) is 1.46. The Hall–Kier alpha value is -1.50. The van der Waals surface area contributed by atoms with Crippen molar-refractivity contribution < 1.29 is 5.11 Å². The third-order valence-electron chi connectivity index (χ3n) is 4.95. The molecule has 2 bridgehead atoms. The molecule has 1 fully saturated rings. The second-order valence-electron chi connectivity index (χ2n) is 6.33. The summed E-state index contributed by atoms with van der Waals surface area (Å²) in [4.78, 5) is 14.7. The molecule has 0 amide bonds. The van der Waals surface area contributed by atoms with Gasteiger partial charge in [0.15, 0.2) is 0 Å². The van der Waals surface area contributed by atoms with Crippen LogP contribution in [0.25, 0.3) is 0 Å². The zero-order chi connectivity index (χ0) is 15.1. The number of rotatable bonds is 3. The SMILES string of the molecule is O=c1cccc2n1[C@@H](CO)[C@H]1C[C@@H]2CN(Cc2cnsc2)C1. The lowest BCUT2D eigenvalue weighted by molar-refractivity contribution is 0.0581. The van der Waals surface area contributed by atoms with Crippen molar-refractivity contribution in [3.05, 3.63) is 51.4 Å². The zero-order valence-electron chi connectivity index (χ0n) is 12.3. The standard InChI is InChI=1S/C16H19N3O2S/c20-9-15-13-4-12(14-2-1-3-16(21)19(14)15)7-18(8-13)6-11-5-17-22-10-11/h1-3,5,10,12-13,15,20H,4,6-9H2/t12-,13+,15+/m1/s1. The molecule has 3 atom stereocenters. The number of piperidine rings is 1. The summed E-state index contributed by atoms with van der Waals surface area (Å²) in [6, 6.07) is 5.39. The number of likely N-dealkylation sites (tertiary alicyclic amines) is 1. The molecule has 2 aromatic heterocycles. The van der Waals surface area contributed by atoms with Gasteiger partial charge in [-0.3, -0.25) is 9.69 Å². The largest absolute Gasteiger partial charge is 0.394 e. The van der Waals surface area contributed by atoms with Crippen LogP contribution in [-0.2, 0) is 6.54 Å². The second kappa shape index (κ2) is 5.61. The van der Waals surface area contributed by atoms with Crippen LogP contribution in [-0.4, -0.2) is 38.6 Å². The van der Waals surface area contributed by atoms with Crippen LogP contribution in [0.2, 0.25) is 0 Å². The molecular weight excluding hydrogens is 298 g/mol. The topological polar surface area (TPSA) is 58.4 Å². The highest BCUT2D eigenvalue weighted by Gasteiger charge is 2.40. The third-order valence-corrected chi connectivity index (χ3v) is 5.59. The van der Waals surface area contributed by atoms with Crippen molar-refractivity contribution in [2.75, 3.05) is 19.7 Å². The molecule has 0 aromatic carbocycles. The van der Waals surface area contributed by atoms with Gasteiger partial charge >= 0.3 is 0 Å². The van der Waals surface area contributed by atoms with E-state index in [2.05, 4.69) is 14.7 Å². The molecule has 5 nitrogen and oxygen atoms in total. The Morgan fingerprint density at radius 1 is 1.36 bits per heavy atom. The third kappa shape index (κ3) is 2.31. The van der Waals surface area contributed by atoms with Crippen LogP contribution in [0.4, 0.5) is 0 Å². The van der Waals surface area contributed by atoms with E-state index in [1.807, 2.05) is 22.9 Å². The van der Waals surface area contributed by atoms with Gasteiger partial charge in [-0.15, -0.1) is 0 Å². The Labute approximate surface area is 133 Å². The molecule has 1 N–H and O–H groups in total. The summed E-state index contributed by atoms with van der Waals surface area (Å²) in [6.07, 6.45) is 2.99. The van der Waals surface area contributed by atoms with E-state index in [-0.39, 0.29) is 18.2 Å². The first-order valence-electron chi connectivity index (χ1n) is 7.69. The van der Waals surface area contributed by atoms with Crippen LogP contribution >= 0.6 is 11.5 Å². The summed E-state index contributed by atoms with van der Waals surface area (Å²) >= 11 is 1.48. The summed E-state index contributed by atoms with van der Waals surface area (Å²) in [5.41, 5.74) is 2.34. The van der Waals surface area contributed by atoms with E-state index in [9.17, 15) is 9.90 Å². The number of aromatic nitrogens is 2. The van der Waals surface area contributed by atoms with Crippen molar-refractivity contribution in [1.29, 1.82) is 0 Å². The van der Waals surface area contributed by atoms with E-state index >= 15 is 0 Å². The molecule has 4 heterocycles. The molecule has 2 aromatic rings. The number of aliphatic hydroxyl groups is 1. The van der Waals surface area contributed by atoms with E-state index in [0.29, 0.717) is 11.8 Å². The zero-order valence-corrected chi connectivity index (χ0v) is 13.1. The quantitative estimate of drug-likeness (QED) is 0.931. The predicted molar refractivity (Wildman–Crippen MR) is 85.1 cm³/mol. The fourth-order valence-corrected chi connectivity index (χ4v) is 4.59. The maximum absolute atomic E-state index is 12.2. The fraction of sp³-hybridized carbons (Fsp3) is 0.500. The van der Waals surface area contributed by atoms with Crippen molar-refractivity contribution in [2.24, 2.45) is 5.92 Å². The van der Waals surface area contributed by atoms with Gasteiger partial charge in [-0.25, -0.2) is 4.37 Å². The van der Waals surface area contributed by atoms with Gasteiger partial charge in [0.1, 0.15) is 0 Å². The number of hydrogen-bond acceptors (Lipinski definition) is 5. The maximum atomic E-state index is 12.2. The molecule has 0 radical (unpaired) electrons. The molecule has 6 heteroatoms. The summed E-state index contributed by atoms with van der Waals surface area (Å²) in [5.74, 6) is 0.713. The number of hydrogen-bond donors (Lipinski definition) is 1. The van der Waals surface area contributed by atoms with Gasteiger partial charge < -0.3 is 9.67 Å². The van der Waals surface area contributed by atoms with Gasteiger partial charge in [-0.1, -0.05) is 6.07 Å². The highest BCUT2D eigenvalue weighted by atomic mass is 32.1. The van der Waals surface area contributed by atoms with Gasteiger partial charge in [0.2, 0.25) is 0 Å². The second-order valence-corrected chi connectivity index (χ2v) is 6.99. The van der Waals surface area contributed by atoms with E-state index in [1.54, 1.807) is 6.07 Å². The van der Waals surface area contributed by atoms with Crippen molar-refractivity contribution in [3.63, 3.8) is 0 Å². The highest BCUT2D eigenvalue weighted by molar-refractivity contribution is 7.03. The molecule has 116 valence electrons. The Kier molecular flexibility index (Phi) is 3.60. The minimum atomic E-state index is -0.0941. The molecule has 0 spiro atoms. The highest BCUT2D eigenvalue weighted by Crippen LogP contribution is 2.41. The molecule has 22 heavy (non-hydrogen) atoms. The van der Waals surface area contributed by atoms with Crippen LogP contribution in [0, 0.1) is 5.92 Å².